The van der Waals surface area contributed by atoms with Gasteiger partial charge >= 0.3 is 0 Å². The van der Waals surface area contributed by atoms with Gasteiger partial charge in [-0.25, -0.2) is 0 Å². The molecule has 1 aliphatic heterocycles. The number of nitrogens with zero attached hydrogens (tertiary/aromatic N) is 6. The maximum atomic E-state index is 12.4. The Balaban J connectivity index is 2.15. The van der Waals surface area contributed by atoms with Gasteiger partial charge in [-0.05, 0) is 26.2 Å². The summed E-state index contributed by atoms with van der Waals surface area (Å²) < 4.78 is 3.17. The lowest BCUT2D eigenvalue weighted by Crippen LogP contribution is -2.48. The fourth-order valence-electron chi connectivity index (χ4n) is 3.32. The lowest BCUT2D eigenvalue weighted by molar-refractivity contribution is -0.125. The van der Waals surface area contributed by atoms with Gasteiger partial charge in [0.15, 0.2) is 11.6 Å². The van der Waals surface area contributed by atoms with Crippen LogP contribution in [0, 0.1) is 11.3 Å². The van der Waals surface area contributed by atoms with Gasteiger partial charge in [0.25, 0.3) is 0 Å². The van der Waals surface area contributed by atoms with Gasteiger partial charge in [-0.1, -0.05) is 11.6 Å². The van der Waals surface area contributed by atoms with Crippen LogP contribution in [0.15, 0.2) is 6.20 Å². The third-order valence-electron chi connectivity index (χ3n) is 4.65. The van der Waals surface area contributed by atoms with E-state index in [1.807, 2.05) is 10.8 Å². The van der Waals surface area contributed by atoms with Crippen molar-refractivity contribution in [1.29, 1.82) is 5.26 Å². The number of fused-ring (bicyclic) bond motifs is 1. The van der Waals surface area contributed by atoms with Crippen molar-refractivity contribution in [3.63, 3.8) is 0 Å². The number of nitriles is 1. The van der Waals surface area contributed by atoms with Crippen LogP contribution >= 0.6 is 23.2 Å². The first-order valence-electron chi connectivity index (χ1n) is 8.77. The quantitative estimate of drug-likeness (QED) is 0.583. The number of rotatable bonds is 5. The Hall–Kier alpha value is -2.57. The summed E-state index contributed by atoms with van der Waals surface area (Å²) in [6, 6.07) is 0.996. The normalized spacial score (nSPS) is 14.1. The Morgan fingerprint density at radius 2 is 2.21 bits per heavy atom. The summed E-state index contributed by atoms with van der Waals surface area (Å²) >= 11 is 12.1. The lowest BCUT2D eigenvalue weighted by Gasteiger charge is -2.27. The minimum atomic E-state index is -0.921. The highest BCUT2D eigenvalue weighted by atomic mass is 35.5. The van der Waals surface area contributed by atoms with Gasteiger partial charge in [0.1, 0.15) is 22.7 Å². The molecule has 1 N–H and O–H groups in total. The van der Waals surface area contributed by atoms with Crippen molar-refractivity contribution in [2.24, 2.45) is 0 Å². The van der Waals surface area contributed by atoms with Crippen LogP contribution in [0.2, 0.25) is 5.02 Å². The third kappa shape index (κ3) is 3.45. The van der Waals surface area contributed by atoms with Crippen LogP contribution in [0.4, 0.5) is 5.82 Å². The number of anilines is 1. The van der Waals surface area contributed by atoms with Crippen LogP contribution in [0.1, 0.15) is 37.9 Å². The summed E-state index contributed by atoms with van der Waals surface area (Å²) in [5.41, 5.74) is 1.02. The summed E-state index contributed by atoms with van der Waals surface area (Å²) in [6.45, 7) is 3.59. The maximum Gasteiger partial charge on any atom is 0.243 e. The second kappa shape index (κ2) is 8.20. The molecule has 2 amide bonds. The fraction of sp³-hybridized carbons (Fsp3) is 0.471. The van der Waals surface area contributed by atoms with Gasteiger partial charge in [0, 0.05) is 13.5 Å². The predicted octanol–water partition coefficient (Wildman–Crippen LogP) is 1.98. The number of aryl methyl sites for hydroxylation is 1. The summed E-state index contributed by atoms with van der Waals surface area (Å²) in [5.74, 6) is -0.427. The lowest BCUT2D eigenvalue weighted by atomic mass is 10.1. The molecule has 2 aromatic rings. The zero-order valence-corrected chi connectivity index (χ0v) is 17.0. The summed E-state index contributed by atoms with van der Waals surface area (Å²) in [5, 5.41) is 21.2. The van der Waals surface area contributed by atoms with Gasteiger partial charge in [-0.15, -0.1) is 11.6 Å². The van der Waals surface area contributed by atoms with E-state index in [0.29, 0.717) is 10.8 Å². The topological polar surface area (TPSA) is 109 Å². The zero-order chi connectivity index (χ0) is 20.4. The summed E-state index contributed by atoms with van der Waals surface area (Å²) in [4.78, 5) is 25.9. The number of amides is 2. The molecule has 28 heavy (non-hydrogen) atoms. The highest BCUT2D eigenvalue weighted by Gasteiger charge is 2.32. The number of halogens is 2. The molecule has 9 nitrogen and oxygen atoms in total. The molecule has 0 bridgehead atoms. The zero-order valence-electron chi connectivity index (χ0n) is 15.4. The fourth-order valence-corrected chi connectivity index (χ4v) is 3.76. The third-order valence-corrected chi connectivity index (χ3v) is 5.17. The van der Waals surface area contributed by atoms with Crippen molar-refractivity contribution in [3.05, 3.63) is 22.5 Å². The monoisotopic (exact) mass is 423 g/mol. The smallest absolute Gasteiger partial charge is 0.243 e. The summed E-state index contributed by atoms with van der Waals surface area (Å²) in [6.07, 6.45) is 4.12. The minimum absolute atomic E-state index is 0.0983. The van der Waals surface area contributed by atoms with Gasteiger partial charge in [0.2, 0.25) is 11.8 Å². The molecule has 0 aromatic carbocycles. The van der Waals surface area contributed by atoms with E-state index >= 15 is 0 Å². The molecule has 1 aliphatic rings. The van der Waals surface area contributed by atoms with Crippen LogP contribution < -0.4 is 10.2 Å². The Kier molecular flexibility index (Phi) is 5.91. The molecule has 0 radical (unpaired) electrons. The molecule has 3 rings (SSSR count). The molecule has 0 fully saturated rings. The largest absolute Gasteiger partial charge is 0.341 e. The molecule has 0 spiro atoms. The van der Waals surface area contributed by atoms with E-state index in [1.54, 1.807) is 6.92 Å². The van der Waals surface area contributed by atoms with E-state index in [2.05, 4.69) is 15.5 Å². The van der Waals surface area contributed by atoms with E-state index in [0.717, 1.165) is 31.5 Å². The number of hydrogen-bond donors (Lipinski definition) is 1. The minimum Gasteiger partial charge on any atom is -0.341 e. The average Bonchev–Trinajstić information content (AvgIpc) is 3.23. The van der Waals surface area contributed by atoms with E-state index in [1.165, 1.54) is 22.7 Å². The van der Waals surface area contributed by atoms with Gasteiger partial charge in [-0.3, -0.25) is 19.2 Å². The Labute approximate surface area is 171 Å². The van der Waals surface area contributed by atoms with E-state index in [9.17, 15) is 14.9 Å². The predicted molar refractivity (Wildman–Crippen MR) is 103 cm³/mol. The standard InChI is InChI=1S/C17H19Cl2N7O2/c1-10(16(28)21-9-18)25(11(2)27)17-12(7-20)8-22-26(17)15-14(19)13-5-3-4-6-24(13)23-15/h8,10H,3-6,9H2,1-2H3,(H,21,28). The molecule has 3 heterocycles. The second-order valence-corrected chi connectivity index (χ2v) is 7.05. The maximum absolute atomic E-state index is 12.4. The van der Waals surface area contributed by atoms with E-state index in [4.69, 9.17) is 23.2 Å². The van der Waals surface area contributed by atoms with Gasteiger partial charge in [0.05, 0.1) is 17.9 Å². The van der Waals surface area contributed by atoms with E-state index in [-0.39, 0.29) is 17.4 Å². The van der Waals surface area contributed by atoms with Crippen LogP contribution in [-0.2, 0) is 22.6 Å². The van der Waals surface area contributed by atoms with Crippen molar-refractivity contribution in [1.82, 2.24) is 24.9 Å². The Morgan fingerprint density at radius 3 is 2.82 bits per heavy atom. The first-order chi connectivity index (χ1) is 13.4. The molecule has 148 valence electrons. The molecule has 2 aromatic heterocycles. The number of nitrogens with one attached hydrogen (secondary N) is 1. The van der Waals surface area contributed by atoms with Crippen molar-refractivity contribution < 1.29 is 9.59 Å². The molecule has 1 atom stereocenters. The molecule has 0 saturated heterocycles. The number of hydrogen-bond acceptors (Lipinski definition) is 5. The number of alkyl halides is 1. The van der Waals surface area contributed by atoms with Crippen LogP contribution in [-0.4, -0.2) is 43.4 Å². The number of carbonyl (C=O) groups is 2. The van der Waals surface area contributed by atoms with Crippen molar-refractivity contribution in [2.45, 2.75) is 45.7 Å². The second-order valence-electron chi connectivity index (χ2n) is 6.41. The van der Waals surface area contributed by atoms with Crippen LogP contribution in [0.25, 0.3) is 5.82 Å². The van der Waals surface area contributed by atoms with Crippen molar-refractivity contribution in [3.8, 4) is 11.9 Å². The molecule has 0 aliphatic carbocycles. The Bertz CT molecular complexity index is 960. The number of aromatic nitrogens is 4. The van der Waals surface area contributed by atoms with Gasteiger partial charge in [-0.2, -0.15) is 20.1 Å². The first-order valence-corrected chi connectivity index (χ1v) is 9.69. The molecular weight excluding hydrogens is 405 g/mol. The van der Waals surface area contributed by atoms with Crippen molar-refractivity contribution in [2.75, 3.05) is 10.9 Å². The van der Waals surface area contributed by atoms with Crippen LogP contribution in [0.5, 0.6) is 0 Å². The highest BCUT2D eigenvalue weighted by molar-refractivity contribution is 6.33. The molecule has 0 saturated carbocycles. The van der Waals surface area contributed by atoms with Crippen molar-refractivity contribution >= 4 is 40.8 Å². The first kappa shape index (κ1) is 20.2. The van der Waals surface area contributed by atoms with E-state index < -0.39 is 17.9 Å². The summed E-state index contributed by atoms with van der Waals surface area (Å²) in [7, 11) is 0. The van der Waals surface area contributed by atoms with Gasteiger partial charge < -0.3 is 5.32 Å². The highest BCUT2D eigenvalue weighted by Crippen LogP contribution is 2.33. The van der Waals surface area contributed by atoms with Crippen LogP contribution in [0.3, 0.4) is 0 Å². The SMILES string of the molecule is CC(=O)N(c1c(C#N)cnn1-c1nn2c(c1Cl)CCCC2)C(C)C(=O)NCCl. The Morgan fingerprint density at radius 1 is 1.46 bits per heavy atom. The molecular formula is C17H19Cl2N7O2. The average molecular weight is 424 g/mol. The molecule has 1 unspecified atom stereocenters. The number of carbonyl (C=O) groups excluding carboxylic acids is 2. The molecule has 11 heteroatoms.